The van der Waals surface area contributed by atoms with E-state index in [-0.39, 0.29) is 6.10 Å². The number of aromatic nitrogens is 2. The number of hydrogen-bond donors (Lipinski definition) is 2. The SMILES string of the molecule is OC1CCCCC1CCCNc1ccnc(C2CC2)n1. The van der Waals surface area contributed by atoms with Gasteiger partial charge in [-0.1, -0.05) is 12.8 Å². The Morgan fingerprint density at radius 3 is 2.85 bits per heavy atom. The fourth-order valence-electron chi connectivity index (χ4n) is 3.12. The minimum Gasteiger partial charge on any atom is -0.393 e. The first-order valence-corrected chi connectivity index (χ1v) is 8.08. The molecule has 1 aromatic rings. The molecule has 0 bridgehead atoms. The van der Waals surface area contributed by atoms with E-state index in [2.05, 4.69) is 15.3 Å². The van der Waals surface area contributed by atoms with Gasteiger partial charge < -0.3 is 10.4 Å². The van der Waals surface area contributed by atoms with Crippen LogP contribution in [0, 0.1) is 5.92 Å². The molecule has 0 spiro atoms. The standard InChI is InChI=1S/C16H25N3O/c20-14-6-2-1-4-12(14)5-3-10-17-15-9-11-18-16(19-15)13-7-8-13/h9,11-14,20H,1-8,10H2,(H,17,18,19). The lowest BCUT2D eigenvalue weighted by atomic mass is 9.83. The zero-order valence-corrected chi connectivity index (χ0v) is 12.1. The van der Waals surface area contributed by atoms with Crippen LogP contribution in [0.25, 0.3) is 0 Å². The zero-order chi connectivity index (χ0) is 13.8. The molecule has 4 heteroatoms. The van der Waals surface area contributed by atoms with Crippen LogP contribution in [0.5, 0.6) is 0 Å². The highest BCUT2D eigenvalue weighted by atomic mass is 16.3. The van der Waals surface area contributed by atoms with Crippen molar-refractivity contribution < 1.29 is 5.11 Å². The summed E-state index contributed by atoms with van der Waals surface area (Å²) in [6.07, 6.45) is 11.2. The Balaban J connectivity index is 1.39. The molecule has 0 radical (unpaired) electrons. The Bertz CT molecular complexity index is 433. The number of nitrogens with one attached hydrogen (secondary N) is 1. The lowest BCUT2D eigenvalue weighted by Gasteiger charge is -2.27. The monoisotopic (exact) mass is 275 g/mol. The van der Waals surface area contributed by atoms with Gasteiger partial charge in [-0.15, -0.1) is 0 Å². The Morgan fingerprint density at radius 2 is 2.05 bits per heavy atom. The average molecular weight is 275 g/mol. The molecule has 1 aromatic heterocycles. The molecular weight excluding hydrogens is 250 g/mol. The highest BCUT2D eigenvalue weighted by Crippen LogP contribution is 2.38. The van der Waals surface area contributed by atoms with Crippen molar-refractivity contribution in [3.63, 3.8) is 0 Å². The minimum atomic E-state index is -0.0655. The van der Waals surface area contributed by atoms with Crippen molar-refractivity contribution in [2.24, 2.45) is 5.92 Å². The summed E-state index contributed by atoms with van der Waals surface area (Å²) in [5, 5.41) is 13.3. The lowest BCUT2D eigenvalue weighted by Crippen LogP contribution is -2.24. The highest BCUT2D eigenvalue weighted by Gasteiger charge is 2.26. The third-order valence-corrected chi connectivity index (χ3v) is 4.54. The van der Waals surface area contributed by atoms with E-state index in [4.69, 9.17) is 0 Å². The zero-order valence-electron chi connectivity index (χ0n) is 12.1. The molecule has 0 aliphatic heterocycles. The predicted octanol–water partition coefficient (Wildman–Crippen LogP) is 3.10. The fourth-order valence-corrected chi connectivity index (χ4v) is 3.12. The van der Waals surface area contributed by atoms with Gasteiger partial charge in [-0.2, -0.15) is 0 Å². The number of aliphatic hydroxyl groups excluding tert-OH is 1. The summed E-state index contributed by atoms with van der Waals surface area (Å²) in [7, 11) is 0. The van der Waals surface area contributed by atoms with Crippen molar-refractivity contribution in [2.45, 2.75) is 63.4 Å². The second-order valence-corrected chi connectivity index (χ2v) is 6.26. The largest absolute Gasteiger partial charge is 0.393 e. The maximum Gasteiger partial charge on any atom is 0.133 e. The van der Waals surface area contributed by atoms with Gasteiger partial charge in [0.15, 0.2) is 0 Å². The topological polar surface area (TPSA) is 58.0 Å². The van der Waals surface area contributed by atoms with E-state index in [0.717, 1.165) is 37.4 Å². The molecule has 20 heavy (non-hydrogen) atoms. The molecule has 1 heterocycles. The van der Waals surface area contributed by atoms with Crippen LogP contribution in [0.3, 0.4) is 0 Å². The van der Waals surface area contributed by atoms with Gasteiger partial charge in [-0.05, 0) is 50.5 Å². The lowest BCUT2D eigenvalue weighted by molar-refractivity contribution is 0.0648. The Kier molecular flexibility index (Phi) is 4.51. The maximum absolute atomic E-state index is 9.95. The fraction of sp³-hybridized carbons (Fsp3) is 0.750. The van der Waals surface area contributed by atoms with Gasteiger partial charge in [-0.25, -0.2) is 9.97 Å². The molecule has 2 N–H and O–H groups in total. The summed E-state index contributed by atoms with van der Waals surface area (Å²) in [5.74, 6) is 3.07. The minimum absolute atomic E-state index is 0.0655. The summed E-state index contributed by atoms with van der Waals surface area (Å²) in [6.45, 7) is 0.935. The predicted molar refractivity (Wildman–Crippen MR) is 79.7 cm³/mol. The third-order valence-electron chi connectivity index (χ3n) is 4.54. The van der Waals surface area contributed by atoms with Gasteiger partial charge >= 0.3 is 0 Å². The highest BCUT2D eigenvalue weighted by molar-refractivity contribution is 5.33. The number of hydrogen-bond acceptors (Lipinski definition) is 4. The second-order valence-electron chi connectivity index (χ2n) is 6.26. The van der Waals surface area contributed by atoms with Gasteiger partial charge in [0.1, 0.15) is 11.6 Å². The molecule has 2 aliphatic carbocycles. The molecule has 0 saturated heterocycles. The molecule has 3 rings (SSSR count). The van der Waals surface area contributed by atoms with Crippen molar-refractivity contribution in [3.05, 3.63) is 18.1 Å². The van der Waals surface area contributed by atoms with E-state index in [1.165, 1.54) is 32.1 Å². The quantitative estimate of drug-likeness (QED) is 0.783. The summed E-state index contributed by atoms with van der Waals surface area (Å²) in [6, 6.07) is 1.95. The van der Waals surface area contributed by atoms with Crippen LogP contribution < -0.4 is 5.32 Å². The van der Waals surface area contributed by atoms with E-state index < -0.39 is 0 Å². The Morgan fingerprint density at radius 1 is 1.20 bits per heavy atom. The molecule has 0 aromatic carbocycles. The molecule has 2 aliphatic rings. The molecule has 0 amide bonds. The van der Waals surface area contributed by atoms with Crippen molar-refractivity contribution in [3.8, 4) is 0 Å². The van der Waals surface area contributed by atoms with Crippen molar-refractivity contribution >= 4 is 5.82 Å². The molecule has 2 fully saturated rings. The van der Waals surface area contributed by atoms with Crippen LogP contribution in [0.15, 0.2) is 12.3 Å². The molecule has 2 saturated carbocycles. The van der Waals surface area contributed by atoms with Crippen LogP contribution in [0.4, 0.5) is 5.82 Å². The summed E-state index contributed by atoms with van der Waals surface area (Å²) < 4.78 is 0. The smallest absolute Gasteiger partial charge is 0.133 e. The third kappa shape index (κ3) is 3.69. The molecule has 2 atom stereocenters. The number of nitrogens with zero attached hydrogens (tertiary/aromatic N) is 2. The van der Waals surface area contributed by atoms with Crippen LogP contribution in [-0.2, 0) is 0 Å². The Hall–Kier alpha value is -1.16. The number of anilines is 1. The summed E-state index contributed by atoms with van der Waals surface area (Å²) in [5.41, 5.74) is 0. The van der Waals surface area contributed by atoms with E-state index >= 15 is 0 Å². The molecule has 110 valence electrons. The van der Waals surface area contributed by atoms with Crippen LogP contribution in [-0.4, -0.2) is 27.7 Å². The van der Waals surface area contributed by atoms with Gasteiger partial charge in [0.25, 0.3) is 0 Å². The van der Waals surface area contributed by atoms with Crippen molar-refractivity contribution in [1.29, 1.82) is 0 Å². The van der Waals surface area contributed by atoms with Crippen LogP contribution in [0.1, 0.15) is 63.1 Å². The first-order chi connectivity index (χ1) is 9.83. The van der Waals surface area contributed by atoms with Gasteiger partial charge in [-0.3, -0.25) is 0 Å². The number of aliphatic hydroxyl groups is 1. The molecule has 4 nitrogen and oxygen atoms in total. The van der Waals surface area contributed by atoms with Gasteiger partial charge in [0.2, 0.25) is 0 Å². The Labute approximate surface area is 121 Å². The van der Waals surface area contributed by atoms with Gasteiger partial charge in [0.05, 0.1) is 6.10 Å². The van der Waals surface area contributed by atoms with E-state index in [9.17, 15) is 5.11 Å². The molecular formula is C16H25N3O. The van der Waals surface area contributed by atoms with Crippen molar-refractivity contribution in [2.75, 3.05) is 11.9 Å². The van der Waals surface area contributed by atoms with E-state index in [0.29, 0.717) is 11.8 Å². The van der Waals surface area contributed by atoms with Crippen molar-refractivity contribution in [1.82, 2.24) is 9.97 Å². The normalized spacial score (nSPS) is 26.4. The molecule has 2 unspecified atom stereocenters. The average Bonchev–Trinajstić information content (AvgIpc) is 3.30. The van der Waals surface area contributed by atoms with E-state index in [1.807, 2.05) is 12.3 Å². The summed E-state index contributed by atoms with van der Waals surface area (Å²) >= 11 is 0. The first kappa shape index (κ1) is 13.8. The van der Waals surface area contributed by atoms with Crippen LogP contribution >= 0.6 is 0 Å². The maximum atomic E-state index is 9.95. The number of rotatable bonds is 6. The van der Waals surface area contributed by atoms with Gasteiger partial charge in [0, 0.05) is 18.7 Å². The first-order valence-electron chi connectivity index (χ1n) is 8.08. The van der Waals surface area contributed by atoms with E-state index in [1.54, 1.807) is 0 Å². The summed E-state index contributed by atoms with van der Waals surface area (Å²) in [4.78, 5) is 8.89. The van der Waals surface area contributed by atoms with Crippen LogP contribution in [0.2, 0.25) is 0 Å². The second kappa shape index (κ2) is 6.53.